The molecule has 1 atom stereocenters. The number of halogens is 1. The molecule has 0 aliphatic carbocycles. The Bertz CT molecular complexity index is 1110. The Morgan fingerprint density at radius 3 is 2.41 bits per heavy atom. The fraction of sp³-hybridized carbons (Fsp3) is 0.160. The molecule has 0 bridgehead atoms. The second-order valence-electron chi connectivity index (χ2n) is 7.61. The molecule has 1 fully saturated rings. The van der Waals surface area contributed by atoms with Crippen molar-refractivity contribution in [3.8, 4) is 0 Å². The number of rotatable bonds is 6. The molecular formula is C25H22FN3O3. The highest BCUT2D eigenvalue weighted by molar-refractivity contribution is 5.97. The lowest BCUT2D eigenvalue weighted by molar-refractivity contribution is -0.130. The number of carbonyl (C=O) groups is 3. The highest BCUT2D eigenvalue weighted by Gasteiger charge is 2.32. The van der Waals surface area contributed by atoms with Crippen LogP contribution in [0.15, 0.2) is 78.9 Å². The summed E-state index contributed by atoms with van der Waals surface area (Å²) in [6, 6.07) is 21.1. The lowest BCUT2D eigenvalue weighted by Gasteiger charge is -2.31. The van der Waals surface area contributed by atoms with E-state index in [0.717, 1.165) is 10.5 Å². The molecule has 3 aromatic rings. The summed E-state index contributed by atoms with van der Waals surface area (Å²) in [6.07, 6.45) is 0.0780. The van der Waals surface area contributed by atoms with E-state index in [2.05, 4.69) is 10.6 Å². The van der Waals surface area contributed by atoms with E-state index >= 15 is 0 Å². The zero-order valence-electron chi connectivity index (χ0n) is 17.3. The van der Waals surface area contributed by atoms with Crippen LogP contribution in [0.5, 0.6) is 0 Å². The summed E-state index contributed by atoms with van der Waals surface area (Å²) in [6.45, 7) is 0.461. The third-order valence-corrected chi connectivity index (χ3v) is 5.32. The van der Waals surface area contributed by atoms with E-state index in [1.54, 1.807) is 36.4 Å². The SMILES string of the molecule is O=C(NCc1ccccc1)c1cccc(CN2C(=O)C[C@@H](c3ccc(F)cc3)NC2=O)c1. The number of hydrogen-bond donors (Lipinski definition) is 2. The van der Waals surface area contributed by atoms with E-state index in [0.29, 0.717) is 23.2 Å². The molecule has 0 spiro atoms. The Morgan fingerprint density at radius 1 is 0.969 bits per heavy atom. The van der Waals surface area contributed by atoms with Gasteiger partial charge in [0.2, 0.25) is 5.91 Å². The van der Waals surface area contributed by atoms with Crippen molar-refractivity contribution >= 4 is 17.8 Å². The van der Waals surface area contributed by atoms with Gasteiger partial charge in [-0.25, -0.2) is 9.18 Å². The number of urea groups is 1. The largest absolute Gasteiger partial charge is 0.348 e. The Morgan fingerprint density at radius 2 is 1.69 bits per heavy atom. The highest BCUT2D eigenvalue weighted by atomic mass is 19.1. The first-order valence-corrected chi connectivity index (χ1v) is 10.3. The van der Waals surface area contributed by atoms with Gasteiger partial charge in [-0.3, -0.25) is 14.5 Å². The number of imide groups is 1. The summed E-state index contributed by atoms with van der Waals surface area (Å²) in [5.41, 5.74) is 2.78. The Hall–Kier alpha value is -4.00. The fourth-order valence-electron chi connectivity index (χ4n) is 3.61. The monoisotopic (exact) mass is 431 g/mol. The molecule has 0 radical (unpaired) electrons. The number of nitrogens with zero attached hydrogens (tertiary/aromatic N) is 1. The summed E-state index contributed by atoms with van der Waals surface area (Å²) in [5.74, 6) is -0.944. The van der Waals surface area contributed by atoms with Crippen molar-refractivity contribution in [2.45, 2.75) is 25.6 Å². The van der Waals surface area contributed by atoms with Crippen LogP contribution in [0.25, 0.3) is 0 Å². The molecule has 4 amide bonds. The maximum absolute atomic E-state index is 13.1. The second-order valence-corrected chi connectivity index (χ2v) is 7.61. The average Bonchev–Trinajstić information content (AvgIpc) is 2.81. The molecule has 3 aromatic carbocycles. The lowest BCUT2D eigenvalue weighted by Crippen LogP contribution is -2.50. The number of carbonyl (C=O) groups excluding carboxylic acids is 3. The molecule has 162 valence electrons. The van der Waals surface area contributed by atoms with Crippen molar-refractivity contribution in [1.82, 2.24) is 15.5 Å². The number of hydrogen-bond acceptors (Lipinski definition) is 3. The van der Waals surface area contributed by atoms with Gasteiger partial charge in [0.1, 0.15) is 5.82 Å². The van der Waals surface area contributed by atoms with Crippen molar-refractivity contribution in [2.75, 3.05) is 0 Å². The van der Waals surface area contributed by atoms with Gasteiger partial charge in [0.05, 0.1) is 19.0 Å². The van der Waals surface area contributed by atoms with Crippen LogP contribution in [-0.2, 0) is 17.9 Å². The minimum Gasteiger partial charge on any atom is -0.348 e. The number of benzene rings is 3. The van der Waals surface area contributed by atoms with Crippen LogP contribution >= 0.6 is 0 Å². The minimum atomic E-state index is -0.519. The molecule has 32 heavy (non-hydrogen) atoms. The molecule has 6 nitrogen and oxygen atoms in total. The van der Waals surface area contributed by atoms with E-state index < -0.39 is 12.1 Å². The molecule has 0 unspecified atom stereocenters. The van der Waals surface area contributed by atoms with Gasteiger partial charge in [-0.05, 0) is 41.0 Å². The van der Waals surface area contributed by atoms with Gasteiger partial charge in [0.25, 0.3) is 5.91 Å². The summed E-state index contributed by atoms with van der Waals surface area (Å²) in [5, 5.41) is 5.66. The molecule has 0 saturated carbocycles. The van der Waals surface area contributed by atoms with Crippen LogP contribution in [0.4, 0.5) is 9.18 Å². The first kappa shape index (κ1) is 21.2. The van der Waals surface area contributed by atoms with Gasteiger partial charge >= 0.3 is 6.03 Å². The van der Waals surface area contributed by atoms with Crippen LogP contribution < -0.4 is 10.6 Å². The molecule has 2 N–H and O–H groups in total. The Labute approximate surface area is 185 Å². The average molecular weight is 431 g/mol. The third kappa shape index (κ3) is 5.00. The minimum absolute atomic E-state index is 0.0562. The van der Waals surface area contributed by atoms with Crippen LogP contribution in [0, 0.1) is 5.82 Å². The van der Waals surface area contributed by atoms with Crippen molar-refractivity contribution in [3.05, 3.63) is 107 Å². The summed E-state index contributed by atoms with van der Waals surface area (Å²) >= 11 is 0. The number of amides is 4. The second kappa shape index (κ2) is 9.43. The Balaban J connectivity index is 1.39. The molecule has 1 aliphatic heterocycles. The van der Waals surface area contributed by atoms with Crippen molar-refractivity contribution in [2.24, 2.45) is 0 Å². The van der Waals surface area contributed by atoms with Crippen molar-refractivity contribution in [3.63, 3.8) is 0 Å². The number of nitrogens with one attached hydrogen (secondary N) is 2. The fourth-order valence-corrected chi connectivity index (χ4v) is 3.61. The zero-order valence-corrected chi connectivity index (χ0v) is 17.3. The summed E-state index contributed by atoms with van der Waals surface area (Å²) in [4.78, 5) is 38.9. The maximum atomic E-state index is 13.1. The van der Waals surface area contributed by atoms with E-state index in [-0.39, 0.29) is 30.6 Å². The molecule has 1 saturated heterocycles. The molecule has 0 aromatic heterocycles. The van der Waals surface area contributed by atoms with E-state index in [9.17, 15) is 18.8 Å². The predicted octanol–water partition coefficient (Wildman–Crippen LogP) is 3.94. The van der Waals surface area contributed by atoms with Crippen LogP contribution in [0.3, 0.4) is 0 Å². The molecule has 4 rings (SSSR count). The topological polar surface area (TPSA) is 78.5 Å². The van der Waals surface area contributed by atoms with Crippen LogP contribution in [0.2, 0.25) is 0 Å². The van der Waals surface area contributed by atoms with Crippen molar-refractivity contribution < 1.29 is 18.8 Å². The first-order valence-electron chi connectivity index (χ1n) is 10.3. The molecule has 1 heterocycles. The van der Waals surface area contributed by atoms with Gasteiger partial charge in [-0.1, -0.05) is 54.6 Å². The smallest absolute Gasteiger partial charge is 0.324 e. The van der Waals surface area contributed by atoms with E-state index in [1.807, 2.05) is 30.3 Å². The van der Waals surface area contributed by atoms with Gasteiger partial charge in [-0.15, -0.1) is 0 Å². The summed E-state index contributed by atoms with van der Waals surface area (Å²) in [7, 11) is 0. The quantitative estimate of drug-likeness (QED) is 0.621. The summed E-state index contributed by atoms with van der Waals surface area (Å²) < 4.78 is 13.1. The van der Waals surface area contributed by atoms with Gasteiger partial charge in [0.15, 0.2) is 0 Å². The van der Waals surface area contributed by atoms with Gasteiger partial charge in [-0.2, -0.15) is 0 Å². The van der Waals surface area contributed by atoms with Crippen LogP contribution in [0.1, 0.15) is 39.5 Å². The van der Waals surface area contributed by atoms with Crippen molar-refractivity contribution in [1.29, 1.82) is 0 Å². The standard InChI is InChI=1S/C25H22FN3O3/c26-21-11-9-19(10-12-21)22-14-23(30)29(25(32)28-22)16-18-7-4-8-20(13-18)24(31)27-15-17-5-2-1-3-6-17/h1-13,22H,14-16H2,(H,27,31)(H,28,32)/t22-/m0/s1. The highest BCUT2D eigenvalue weighted by Crippen LogP contribution is 2.24. The molecular weight excluding hydrogens is 409 g/mol. The normalized spacial score (nSPS) is 15.9. The molecule has 1 aliphatic rings. The Kier molecular flexibility index (Phi) is 6.26. The van der Waals surface area contributed by atoms with Gasteiger partial charge in [0, 0.05) is 12.1 Å². The predicted molar refractivity (Wildman–Crippen MR) is 117 cm³/mol. The molecule has 7 heteroatoms. The maximum Gasteiger partial charge on any atom is 0.324 e. The van der Waals surface area contributed by atoms with Crippen LogP contribution in [-0.4, -0.2) is 22.7 Å². The van der Waals surface area contributed by atoms with E-state index in [1.165, 1.54) is 12.1 Å². The lowest BCUT2D eigenvalue weighted by atomic mass is 10.0. The first-order chi connectivity index (χ1) is 15.5. The third-order valence-electron chi connectivity index (χ3n) is 5.32. The van der Waals surface area contributed by atoms with E-state index in [4.69, 9.17) is 0 Å². The zero-order chi connectivity index (χ0) is 22.5. The van der Waals surface area contributed by atoms with Gasteiger partial charge < -0.3 is 10.6 Å².